The van der Waals surface area contributed by atoms with Crippen LogP contribution in [0.5, 0.6) is 0 Å². The van der Waals surface area contributed by atoms with Gasteiger partial charge in [0.05, 0.1) is 15.7 Å². The van der Waals surface area contributed by atoms with Crippen molar-refractivity contribution in [3.05, 3.63) is 69.7 Å². The summed E-state index contributed by atoms with van der Waals surface area (Å²) in [4.78, 5) is 11.8. The number of amides is 1. The topological polar surface area (TPSA) is 29.1 Å². The molecule has 0 unspecified atom stereocenters. The average Bonchev–Trinajstić information content (AvgIpc) is 2.43. The number of carbonyl (C=O) groups excluding carboxylic acids is 1. The number of carbonyl (C=O) groups is 1. The number of nitrogens with one attached hydrogen (secondary N) is 1. The van der Waals surface area contributed by atoms with Gasteiger partial charge in [-0.1, -0.05) is 59.1 Å². The van der Waals surface area contributed by atoms with Crippen molar-refractivity contribution in [1.29, 1.82) is 0 Å². The molecular weight excluding hydrogens is 293 g/mol. The van der Waals surface area contributed by atoms with E-state index in [2.05, 4.69) is 5.32 Å². The van der Waals surface area contributed by atoms with Crippen LogP contribution in [-0.2, 0) is 4.79 Å². The molecule has 0 saturated carbocycles. The van der Waals surface area contributed by atoms with Crippen LogP contribution in [0.4, 0.5) is 5.69 Å². The fourth-order valence-electron chi connectivity index (χ4n) is 1.62. The van der Waals surface area contributed by atoms with Gasteiger partial charge in [0.15, 0.2) is 0 Å². The van der Waals surface area contributed by atoms with Crippen LogP contribution in [0.1, 0.15) is 11.1 Å². The van der Waals surface area contributed by atoms with Crippen molar-refractivity contribution >= 4 is 40.9 Å². The molecule has 102 valence electrons. The van der Waals surface area contributed by atoms with E-state index in [9.17, 15) is 4.79 Å². The third-order valence-corrected chi connectivity index (χ3v) is 3.53. The summed E-state index contributed by atoms with van der Waals surface area (Å²) in [7, 11) is 0. The van der Waals surface area contributed by atoms with E-state index in [4.69, 9.17) is 23.2 Å². The molecule has 0 fully saturated rings. The first kappa shape index (κ1) is 14.6. The van der Waals surface area contributed by atoms with Crippen molar-refractivity contribution in [2.75, 3.05) is 5.32 Å². The van der Waals surface area contributed by atoms with Crippen molar-refractivity contribution in [2.45, 2.75) is 6.92 Å². The summed E-state index contributed by atoms with van der Waals surface area (Å²) in [5.74, 6) is -0.255. The smallest absolute Gasteiger partial charge is 0.248 e. The second kappa shape index (κ2) is 6.60. The van der Waals surface area contributed by atoms with Crippen LogP contribution in [0.2, 0.25) is 10.0 Å². The summed E-state index contributed by atoms with van der Waals surface area (Å²) in [5, 5.41) is 3.44. The van der Waals surface area contributed by atoms with E-state index >= 15 is 0 Å². The fourth-order valence-corrected chi connectivity index (χ4v) is 1.97. The molecule has 2 rings (SSSR count). The summed E-state index contributed by atoms with van der Waals surface area (Å²) < 4.78 is 0. The predicted molar refractivity (Wildman–Crippen MR) is 85.3 cm³/mol. The van der Waals surface area contributed by atoms with Crippen LogP contribution < -0.4 is 5.32 Å². The normalized spacial score (nSPS) is 10.8. The van der Waals surface area contributed by atoms with Gasteiger partial charge in [0, 0.05) is 6.08 Å². The number of aryl methyl sites for hydroxylation is 1. The summed E-state index contributed by atoms with van der Waals surface area (Å²) in [5.41, 5.74) is 2.64. The maximum atomic E-state index is 11.8. The molecule has 0 aromatic heterocycles. The Morgan fingerprint density at radius 3 is 2.50 bits per heavy atom. The minimum atomic E-state index is -0.255. The quantitative estimate of drug-likeness (QED) is 0.798. The molecule has 2 nitrogen and oxygen atoms in total. The number of halogens is 2. The number of benzene rings is 2. The maximum absolute atomic E-state index is 11.8. The second-order valence-electron chi connectivity index (χ2n) is 4.33. The van der Waals surface area contributed by atoms with Gasteiger partial charge in [-0.25, -0.2) is 0 Å². The van der Waals surface area contributed by atoms with Crippen LogP contribution in [0, 0.1) is 6.92 Å². The number of hydrogen-bond donors (Lipinski definition) is 1. The van der Waals surface area contributed by atoms with Gasteiger partial charge < -0.3 is 5.32 Å². The molecular formula is C16H13Cl2NO. The third kappa shape index (κ3) is 3.86. The summed E-state index contributed by atoms with van der Waals surface area (Å²) in [6, 6.07) is 13.0. The van der Waals surface area contributed by atoms with Gasteiger partial charge >= 0.3 is 0 Å². The van der Waals surface area contributed by atoms with Crippen molar-refractivity contribution in [1.82, 2.24) is 0 Å². The van der Waals surface area contributed by atoms with E-state index < -0.39 is 0 Å². The van der Waals surface area contributed by atoms with Gasteiger partial charge in [0.2, 0.25) is 5.91 Å². The Hall–Kier alpha value is -1.77. The largest absolute Gasteiger partial charge is 0.321 e. The molecule has 0 aliphatic rings. The Kier molecular flexibility index (Phi) is 4.83. The molecule has 4 heteroatoms. The molecule has 0 spiro atoms. The van der Waals surface area contributed by atoms with Crippen molar-refractivity contribution in [3.63, 3.8) is 0 Å². The molecule has 1 amide bonds. The Morgan fingerprint density at radius 1 is 1.10 bits per heavy atom. The molecule has 0 atom stereocenters. The van der Waals surface area contributed by atoms with Crippen LogP contribution >= 0.6 is 23.2 Å². The fraction of sp³-hybridized carbons (Fsp3) is 0.0625. The highest BCUT2D eigenvalue weighted by Crippen LogP contribution is 2.29. The Morgan fingerprint density at radius 2 is 1.80 bits per heavy atom. The zero-order valence-corrected chi connectivity index (χ0v) is 12.4. The van der Waals surface area contributed by atoms with E-state index in [1.54, 1.807) is 24.3 Å². The highest BCUT2D eigenvalue weighted by Gasteiger charge is 2.05. The minimum Gasteiger partial charge on any atom is -0.321 e. The lowest BCUT2D eigenvalue weighted by atomic mass is 10.1. The molecule has 0 aliphatic heterocycles. The SMILES string of the molecule is Cc1ccc(C=CC(=O)Nc2cccc(Cl)c2Cl)cc1. The monoisotopic (exact) mass is 305 g/mol. The van der Waals surface area contributed by atoms with Crippen LogP contribution in [0.25, 0.3) is 6.08 Å². The number of hydrogen-bond acceptors (Lipinski definition) is 1. The second-order valence-corrected chi connectivity index (χ2v) is 5.12. The highest BCUT2D eigenvalue weighted by molar-refractivity contribution is 6.44. The average molecular weight is 306 g/mol. The van der Waals surface area contributed by atoms with Gasteiger partial charge in [-0.15, -0.1) is 0 Å². The Bertz CT molecular complexity index is 648. The number of anilines is 1. The van der Waals surface area contributed by atoms with Crippen molar-refractivity contribution in [2.24, 2.45) is 0 Å². The summed E-state index contributed by atoms with van der Waals surface area (Å²) in [6.45, 7) is 2.02. The van der Waals surface area contributed by atoms with Crippen molar-refractivity contribution in [3.8, 4) is 0 Å². The molecule has 0 heterocycles. The predicted octanol–water partition coefficient (Wildman–Crippen LogP) is 4.95. The lowest BCUT2D eigenvalue weighted by Crippen LogP contribution is -2.08. The van der Waals surface area contributed by atoms with Crippen molar-refractivity contribution < 1.29 is 4.79 Å². The maximum Gasteiger partial charge on any atom is 0.248 e. The molecule has 0 aliphatic carbocycles. The number of rotatable bonds is 3. The van der Waals surface area contributed by atoms with E-state index in [0.29, 0.717) is 15.7 Å². The van der Waals surface area contributed by atoms with E-state index in [1.165, 1.54) is 11.6 Å². The van der Waals surface area contributed by atoms with Crippen LogP contribution in [0.15, 0.2) is 48.5 Å². The lowest BCUT2D eigenvalue weighted by molar-refractivity contribution is -0.111. The highest BCUT2D eigenvalue weighted by atomic mass is 35.5. The zero-order chi connectivity index (χ0) is 14.5. The molecule has 0 bridgehead atoms. The van der Waals surface area contributed by atoms with Gasteiger partial charge in [-0.05, 0) is 30.7 Å². The Labute approximate surface area is 128 Å². The standard InChI is InChI=1S/C16H13Cl2NO/c1-11-5-7-12(8-6-11)9-10-15(20)19-14-4-2-3-13(17)16(14)18/h2-10H,1H3,(H,19,20). The zero-order valence-electron chi connectivity index (χ0n) is 10.9. The Balaban J connectivity index is 2.05. The van der Waals surface area contributed by atoms with Gasteiger partial charge in [-0.2, -0.15) is 0 Å². The van der Waals surface area contributed by atoms with E-state index in [-0.39, 0.29) is 5.91 Å². The molecule has 0 radical (unpaired) electrons. The first-order valence-corrected chi connectivity index (χ1v) is 6.81. The van der Waals surface area contributed by atoms with E-state index in [1.807, 2.05) is 31.2 Å². The summed E-state index contributed by atoms with van der Waals surface area (Å²) in [6.07, 6.45) is 3.20. The lowest BCUT2D eigenvalue weighted by Gasteiger charge is -2.05. The van der Waals surface area contributed by atoms with Crippen LogP contribution in [-0.4, -0.2) is 5.91 Å². The van der Waals surface area contributed by atoms with E-state index in [0.717, 1.165) is 5.56 Å². The summed E-state index contributed by atoms with van der Waals surface area (Å²) >= 11 is 11.9. The molecule has 20 heavy (non-hydrogen) atoms. The first-order chi connectivity index (χ1) is 9.56. The molecule has 2 aromatic rings. The molecule has 2 aromatic carbocycles. The van der Waals surface area contributed by atoms with Gasteiger partial charge in [0.1, 0.15) is 0 Å². The van der Waals surface area contributed by atoms with Crippen LogP contribution in [0.3, 0.4) is 0 Å². The third-order valence-electron chi connectivity index (χ3n) is 2.71. The first-order valence-electron chi connectivity index (χ1n) is 6.06. The van der Waals surface area contributed by atoms with Gasteiger partial charge in [-0.3, -0.25) is 4.79 Å². The molecule has 1 N–H and O–H groups in total. The minimum absolute atomic E-state index is 0.255. The van der Waals surface area contributed by atoms with Gasteiger partial charge in [0.25, 0.3) is 0 Å². The molecule has 0 saturated heterocycles.